The van der Waals surface area contributed by atoms with E-state index in [0.717, 1.165) is 43.5 Å². The first-order chi connectivity index (χ1) is 9.17. The Bertz CT molecular complexity index is 569. The molecule has 1 fully saturated rings. The van der Waals surface area contributed by atoms with Crippen LogP contribution in [0.3, 0.4) is 0 Å². The van der Waals surface area contributed by atoms with Gasteiger partial charge in [0.1, 0.15) is 0 Å². The topological polar surface area (TPSA) is 49.4 Å². The first kappa shape index (κ1) is 12.9. The molecule has 0 atom stereocenters. The van der Waals surface area contributed by atoms with Crippen LogP contribution in [0.4, 0.5) is 5.69 Å². The van der Waals surface area contributed by atoms with Gasteiger partial charge in [0.05, 0.1) is 5.75 Å². The van der Waals surface area contributed by atoms with Crippen molar-refractivity contribution < 1.29 is 8.42 Å². The lowest BCUT2D eigenvalue weighted by atomic mass is 9.99. The van der Waals surface area contributed by atoms with Gasteiger partial charge in [-0.25, -0.2) is 8.42 Å². The van der Waals surface area contributed by atoms with Crippen LogP contribution in [0.5, 0.6) is 0 Å². The molecule has 5 heteroatoms. The molecule has 0 saturated carbocycles. The quantitative estimate of drug-likeness (QED) is 0.901. The van der Waals surface area contributed by atoms with E-state index in [1.165, 1.54) is 5.56 Å². The maximum atomic E-state index is 12.1. The van der Waals surface area contributed by atoms with E-state index in [4.69, 9.17) is 0 Å². The lowest BCUT2D eigenvalue weighted by Crippen LogP contribution is -2.37. The number of rotatable bonds is 2. The molecule has 2 aliphatic heterocycles. The van der Waals surface area contributed by atoms with Gasteiger partial charge < -0.3 is 5.32 Å². The zero-order chi connectivity index (χ0) is 13.3. The molecule has 0 radical (unpaired) electrons. The zero-order valence-electron chi connectivity index (χ0n) is 11.1. The number of nitrogens with one attached hydrogen (secondary N) is 1. The third kappa shape index (κ3) is 2.62. The summed E-state index contributed by atoms with van der Waals surface area (Å²) in [6.45, 7) is 2.15. The van der Waals surface area contributed by atoms with Crippen molar-refractivity contribution in [2.45, 2.75) is 32.2 Å². The van der Waals surface area contributed by atoms with Crippen molar-refractivity contribution in [3.05, 3.63) is 29.3 Å². The minimum atomic E-state index is -3.04. The van der Waals surface area contributed by atoms with Gasteiger partial charge in [-0.05, 0) is 36.8 Å². The van der Waals surface area contributed by atoms with Gasteiger partial charge in [0, 0.05) is 25.3 Å². The summed E-state index contributed by atoms with van der Waals surface area (Å²) in [6.07, 6.45) is 4.01. The molecule has 3 rings (SSSR count). The fourth-order valence-corrected chi connectivity index (χ4v) is 4.49. The smallest absolute Gasteiger partial charge is 0.214 e. The Kier molecular flexibility index (Phi) is 3.50. The number of benzene rings is 1. The average molecular weight is 280 g/mol. The minimum absolute atomic E-state index is 0.301. The van der Waals surface area contributed by atoms with Crippen molar-refractivity contribution in [2.24, 2.45) is 0 Å². The maximum absolute atomic E-state index is 12.1. The van der Waals surface area contributed by atoms with Crippen LogP contribution < -0.4 is 5.32 Å². The van der Waals surface area contributed by atoms with Gasteiger partial charge >= 0.3 is 0 Å². The molecule has 1 aromatic carbocycles. The number of nitrogens with zero attached hydrogens (tertiary/aromatic N) is 1. The van der Waals surface area contributed by atoms with Gasteiger partial charge in [-0.2, -0.15) is 4.31 Å². The van der Waals surface area contributed by atoms with E-state index in [-0.39, 0.29) is 0 Å². The average Bonchev–Trinajstić information content (AvgIpc) is 2.41. The van der Waals surface area contributed by atoms with Gasteiger partial charge in [0.15, 0.2) is 0 Å². The molecule has 0 amide bonds. The van der Waals surface area contributed by atoms with E-state index in [1.54, 1.807) is 4.31 Å². The second kappa shape index (κ2) is 5.13. The molecular weight excluding hydrogens is 260 g/mol. The number of hydrogen-bond acceptors (Lipinski definition) is 3. The van der Waals surface area contributed by atoms with Gasteiger partial charge in [0.2, 0.25) is 10.0 Å². The summed E-state index contributed by atoms with van der Waals surface area (Å²) in [5.74, 6) is 0.301. The van der Waals surface area contributed by atoms with Crippen LogP contribution in [0.25, 0.3) is 0 Å². The zero-order valence-corrected chi connectivity index (χ0v) is 11.9. The highest BCUT2D eigenvalue weighted by atomic mass is 32.2. The summed E-state index contributed by atoms with van der Waals surface area (Å²) in [4.78, 5) is 0. The molecule has 4 nitrogen and oxygen atoms in total. The lowest BCUT2D eigenvalue weighted by Gasteiger charge is -2.28. The largest absolute Gasteiger partial charge is 0.385 e. The standard InChI is InChI=1S/C14H20N2O2S/c17-19(18)10-2-1-9-16(19)11-13-6-3-5-12-7-4-8-15-14(12)13/h3,5-6,15H,1-2,4,7-11H2. The highest BCUT2D eigenvalue weighted by molar-refractivity contribution is 7.89. The summed E-state index contributed by atoms with van der Waals surface area (Å²) < 4.78 is 25.8. The predicted molar refractivity (Wildman–Crippen MR) is 76.7 cm³/mol. The molecule has 2 heterocycles. The molecule has 0 unspecified atom stereocenters. The highest BCUT2D eigenvalue weighted by Gasteiger charge is 2.26. The molecule has 1 N–H and O–H groups in total. The van der Waals surface area contributed by atoms with Crippen molar-refractivity contribution in [2.75, 3.05) is 24.2 Å². The molecule has 0 bridgehead atoms. The van der Waals surface area contributed by atoms with Crippen LogP contribution in [0.15, 0.2) is 18.2 Å². The maximum Gasteiger partial charge on any atom is 0.214 e. The molecule has 104 valence electrons. The van der Waals surface area contributed by atoms with Gasteiger partial charge in [-0.3, -0.25) is 0 Å². The normalized spacial score (nSPS) is 22.5. The van der Waals surface area contributed by atoms with Crippen LogP contribution in [-0.4, -0.2) is 31.6 Å². The van der Waals surface area contributed by atoms with Gasteiger partial charge in [-0.15, -0.1) is 0 Å². The molecule has 0 spiro atoms. The fourth-order valence-electron chi connectivity index (χ4n) is 2.92. The second-order valence-electron chi connectivity index (χ2n) is 5.34. The van der Waals surface area contributed by atoms with Crippen LogP contribution in [-0.2, 0) is 23.0 Å². The molecule has 1 saturated heterocycles. The van der Waals surface area contributed by atoms with E-state index in [2.05, 4.69) is 11.4 Å². The first-order valence-electron chi connectivity index (χ1n) is 6.99. The third-order valence-corrected chi connectivity index (χ3v) is 5.86. The Morgan fingerprint density at radius 2 is 2.11 bits per heavy atom. The SMILES string of the molecule is O=S1(=O)CCCCN1Cc1cccc2c1NCCC2. The lowest BCUT2D eigenvalue weighted by molar-refractivity contribution is 0.378. The van der Waals surface area contributed by atoms with Crippen molar-refractivity contribution in [3.8, 4) is 0 Å². The van der Waals surface area contributed by atoms with Gasteiger partial charge in [-0.1, -0.05) is 18.2 Å². The summed E-state index contributed by atoms with van der Waals surface area (Å²) in [7, 11) is -3.04. The summed E-state index contributed by atoms with van der Waals surface area (Å²) in [6, 6.07) is 6.22. The number of fused-ring (bicyclic) bond motifs is 1. The van der Waals surface area contributed by atoms with E-state index in [9.17, 15) is 8.42 Å². The molecule has 2 aliphatic rings. The monoisotopic (exact) mass is 280 g/mol. The molecule has 19 heavy (non-hydrogen) atoms. The van der Waals surface area contributed by atoms with Crippen LogP contribution >= 0.6 is 0 Å². The number of hydrogen-bond donors (Lipinski definition) is 1. The summed E-state index contributed by atoms with van der Waals surface area (Å²) in [5, 5.41) is 3.43. The molecular formula is C14H20N2O2S. The molecule has 0 aromatic heterocycles. The Labute approximate surface area is 114 Å². The Morgan fingerprint density at radius 1 is 1.21 bits per heavy atom. The summed E-state index contributed by atoms with van der Waals surface area (Å²) >= 11 is 0. The number of anilines is 1. The number of aryl methyl sites for hydroxylation is 1. The minimum Gasteiger partial charge on any atom is -0.385 e. The van der Waals surface area contributed by atoms with E-state index in [1.807, 2.05) is 12.1 Å². The number of para-hydroxylation sites is 1. The van der Waals surface area contributed by atoms with Crippen molar-refractivity contribution in [3.63, 3.8) is 0 Å². The Hall–Kier alpha value is -1.07. The fraction of sp³-hybridized carbons (Fsp3) is 0.571. The second-order valence-corrected chi connectivity index (χ2v) is 7.43. The van der Waals surface area contributed by atoms with E-state index >= 15 is 0 Å². The van der Waals surface area contributed by atoms with Crippen molar-refractivity contribution in [1.29, 1.82) is 0 Å². The number of sulfonamides is 1. The van der Waals surface area contributed by atoms with Gasteiger partial charge in [0.25, 0.3) is 0 Å². The Morgan fingerprint density at radius 3 is 2.95 bits per heavy atom. The Balaban J connectivity index is 1.87. The van der Waals surface area contributed by atoms with Crippen molar-refractivity contribution in [1.82, 2.24) is 4.31 Å². The third-order valence-electron chi connectivity index (χ3n) is 3.96. The first-order valence-corrected chi connectivity index (χ1v) is 8.60. The molecule has 0 aliphatic carbocycles. The van der Waals surface area contributed by atoms with E-state index < -0.39 is 10.0 Å². The summed E-state index contributed by atoms with van der Waals surface area (Å²) in [5.41, 5.74) is 3.59. The van der Waals surface area contributed by atoms with E-state index in [0.29, 0.717) is 18.8 Å². The van der Waals surface area contributed by atoms with Crippen molar-refractivity contribution >= 4 is 15.7 Å². The van der Waals surface area contributed by atoms with Crippen LogP contribution in [0.2, 0.25) is 0 Å². The molecule has 1 aromatic rings. The van der Waals surface area contributed by atoms with Crippen LogP contribution in [0, 0.1) is 0 Å². The predicted octanol–water partition coefficient (Wildman–Crippen LogP) is 1.97. The highest BCUT2D eigenvalue weighted by Crippen LogP contribution is 2.28. The van der Waals surface area contributed by atoms with Crippen LogP contribution in [0.1, 0.15) is 30.4 Å².